The Morgan fingerprint density at radius 3 is 1.69 bits per heavy atom. The van der Waals surface area contributed by atoms with Crippen LogP contribution in [0.3, 0.4) is 0 Å². The molecule has 36 heavy (non-hydrogen) atoms. The Balaban J connectivity index is 1.56. The van der Waals surface area contributed by atoms with Crippen LogP contribution in [0, 0.1) is 20.2 Å². The van der Waals surface area contributed by atoms with E-state index in [0.29, 0.717) is 5.75 Å². The van der Waals surface area contributed by atoms with Gasteiger partial charge in [-0.1, -0.05) is 19.3 Å². The zero-order valence-electron chi connectivity index (χ0n) is 19.1. The number of ether oxygens (including phenoxy) is 2. The van der Waals surface area contributed by atoms with E-state index in [9.17, 15) is 29.8 Å². The molecule has 1 fully saturated rings. The van der Waals surface area contributed by atoms with Crippen LogP contribution < -0.4 is 9.47 Å². The summed E-state index contributed by atoms with van der Waals surface area (Å²) in [5.74, 6) is -0.626. The van der Waals surface area contributed by atoms with Crippen LogP contribution in [0.15, 0.2) is 66.7 Å². The molecule has 0 atom stereocenters. The highest BCUT2D eigenvalue weighted by Gasteiger charge is 2.23. The molecule has 0 radical (unpaired) electrons. The summed E-state index contributed by atoms with van der Waals surface area (Å²) < 4.78 is 11.2. The van der Waals surface area contributed by atoms with E-state index in [-0.39, 0.29) is 34.2 Å². The normalized spacial score (nSPS) is 13.6. The zero-order chi connectivity index (χ0) is 25.7. The Morgan fingerprint density at radius 1 is 0.694 bits per heavy atom. The summed E-state index contributed by atoms with van der Waals surface area (Å²) >= 11 is 0. The van der Waals surface area contributed by atoms with Crippen LogP contribution >= 0.6 is 0 Å². The number of non-ortho nitro benzene ring substituents is 2. The van der Waals surface area contributed by atoms with Gasteiger partial charge in [0.15, 0.2) is 0 Å². The first kappa shape index (κ1) is 24.5. The monoisotopic (exact) mass is 490 g/mol. The lowest BCUT2D eigenvalue weighted by Gasteiger charge is -2.24. The molecule has 0 aliphatic heterocycles. The molecular formula is C26H22N2O8. The summed E-state index contributed by atoms with van der Waals surface area (Å²) in [7, 11) is 0. The minimum Gasteiger partial charge on any atom is -0.423 e. The highest BCUT2D eigenvalue weighted by molar-refractivity contribution is 5.92. The molecule has 10 heteroatoms. The van der Waals surface area contributed by atoms with Crippen LogP contribution in [0.2, 0.25) is 0 Å². The Morgan fingerprint density at radius 2 is 1.19 bits per heavy atom. The molecule has 0 heterocycles. The fourth-order valence-corrected chi connectivity index (χ4v) is 4.18. The van der Waals surface area contributed by atoms with E-state index in [4.69, 9.17) is 9.47 Å². The first-order valence-electron chi connectivity index (χ1n) is 11.4. The highest BCUT2D eigenvalue weighted by atomic mass is 16.6. The number of carbonyl (C=O) groups is 2. The SMILES string of the molecule is O=C(Oc1ccc(OC(=O)c2ccc([N+](=O)[O-])cc2)c(C2CCCCC2)c1)c1ccc([N+](=O)[O-])cc1. The van der Waals surface area contributed by atoms with Gasteiger partial charge in [0, 0.05) is 29.8 Å². The van der Waals surface area contributed by atoms with Crippen LogP contribution in [0.25, 0.3) is 0 Å². The van der Waals surface area contributed by atoms with Gasteiger partial charge >= 0.3 is 11.9 Å². The minimum absolute atomic E-state index is 0.108. The van der Waals surface area contributed by atoms with Gasteiger partial charge in [0.1, 0.15) is 11.5 Å². The lowest BCUT2D eigenvalue weighted by Crippen LogP contribution is -2.13. The molecule has 0 saturated heterocycles. The number of nitrogens with zero attached hydrogens (tertiary/aromatic N) is 2. The van der Waals surface area contributed by atoms with Crippen LogP contribution in [-0.4, -0.2) is 21.8 Å². The first-order chi connectivity index (χ1) is 17.3. The Hall–Kier alpha value is -4.60. The zero-order valence-corrected chi connectivity index (χ0v) is 19.1. The molecule has 0 aromatic heterocycles. The van der Waals surface area contributed by atoms with Crippen molar-refractivity contribution in [2.24, 2.45) is 0 Å². The van der Waals surface area contributed by atoms with Crippen molar-refractivity contribution in [2.75, 3.05) is 0 Å². The standard InChI is InChI=1S/C26H22N2O8/c29-25(18-6-10-20(11-7-18)27(31)32)35-22-14-15-24(23(16-22)17-4-2-1-3-5-17)36-26(30)19-8-12-21(13-9-19)28(33)34/h6-17H,1-5H2. The second-order valence-electron chi connectivity index (χ2n) is 8.42. The van der Waals surface area contributed by atoms with Gasteiger partial charge in [-0.3, -0.25) is 20.2 Å². The van der Waals surface area contributed by atoms with E-state index < -0.39 is 21.8 Å². The van der Waals surface area contributed by atoms with Crippen molar-refractivity contribution in [1.82, 2.24) is 0 Å². The van der Waals surface area contributed by atoms with Gasteiger partial charge in [0.05, 0.1) is 21.0 Å². The Kier molecular flexibility index (Phi) is 7.33. The fourth-order valence-electron chi connectivity index (χ4n) is 4.18. The van der Waals surface area contributed by atoms with Crippen LogP contribution in [-0.2, 0) is 0 Å². The molecule has 0 unspecified atom stereocenters. The summed E-state index contributed by atoms with van der Waals surface area (Å²) in [5.41, 5.74) is 0.801. The predicted molar refractivity (Wildman–Crippen MR) is 128 cm³/mol. The lowest BCUT2D eigenvalue weighted by atomic mass is 9.83. The topological polar surface area (TPSA) is 139 Å². The van der Waals surface area contributed by atoms with Gasteiger partial charge in [-0.2, -0.15) is 0 Å². The van der Waals surface area contributed by atoms with Crippen LogP contribution in [0.5, 0.6) is 11.5 Å². The third kappa shape index (κ3) is 5.72. The molecule has 3 aromatic carbocycles. The minimum atomic E-state index is -0.671. The van der Waals surface area contributed by atoms with Crippen molar-refractivity contribution in [3.8, 4) is 11.5 Å². The van der Waals surface area contributed by atoms with E-state index in [2.05, 4.69) is 0 Å². The maximum absolute atomic E-state index is 12.7. The number of benzene rings is 3. The Bertz CT molecular complexity index is 1300. The molecule has 4 rings (SSSR count). The number of nitro groups is 2. The Labute approximate surface area is 205 Å². The van der Waals surface area contributed by atoms with Crippen molar-refractivity contribution >= 4 is 23.3 Å². The largest absolute Gasteiger partial charge is 0.423 e. The molecule has 184 valence electrons. The average molecular weight is 490 g/mol. The highest BCUT2D eigenvalue weighted by Crippen LogP contribution is 2.39. The van der Waals surface area contributed by atoms with Crippen molar-refractivity contribution < 1.29 is 28.9 Å². The number of carbonyl (C=O) groups excluding carboxylic acids is 2. The number of nitro benzene ring substituents is 2. The van der Waals surface area contributed by atoms with E-state index in [1.165, 1.54) is 54.6 Å². The van der Waals surface area contributed by atoms with Gasteiger partial charge in [-0.15, -0.1) is 0 Å². The van der Waals surface area contributed by atoms with Crippen molar-refractivity contribution in [3.05, 3.63) is 104 Å². The number of esters is 2. The van der Waals surface area contributed by atoms with E-state index in [1.54, 1.807) is 12.1 Å². The average Bonchev–Trinajstić information content (AvgIpc) is 2.90. The van der Waals surface area contributed by atoms with Crippen molar-refractivity contribution in [1.29, 1.82) is 0 Å². The quantitative estimate of drug-likeness (QED) is 0.170. The summed E-state index contributed by atoms with van der Waals surface area (Å²) in [4.78, 5) is 45.9. The maximum Gasteiger partial charge on any atom is 0.343 e. The molecule has 0 spiro atoms. The second-order valence-corrected chi connectivity index (χ2v) is 8.42. The van der Waals surface area contributed by atoms with Crippen molar-refractivity contribution in [2.45, 2.75) is 38.0 Å². The molecule has 0 bridgehead atoms. The third-order valence-corrected chi connectivity index (χ3v) is 6.07. The lowest BCUT2D eigenvalue weighted by molar-refractivity contribution is -0.385. The summed E-state index contributed by atoms with van der Waals surface area (Å²) in [6.07, 6.45) is 4.94. The van der Waals surface area contributed by atoms with Gasteiger partial charge in [0.25, 0.3) is 11.4 Å². The smallest absolute Gasteiger partial charge is 0.343 e. The van der Waals surface area contributed by atoms with E-state index in [1.807, 2.05) is 0 Å². The molecule has 3 aromatic rings. The van der Waals surface area contributed by atoms with Crippen LogP contribution in [0.4, 0.5) is 11.4 Å². The van der Waals surface area contributed by atoms with Gasteiger partial charge < -0.3 is 9.47 Å². The van der Waals surface area contributed by atoms with Crippen molar-refractivity contribution in [3.63, 3.8) is 0 Å². The number of rotatable bonds is 7. The second kappa shape index (κ2) is 10.8. The fraction of sp³-hybridized carbons (Fsp3) is 0.231. The molecule has 1 saturated carbocycles. The summed E-state index contributed by atoms with van der Waals surface area (Å²) in [6.45, 7) is 0. The molecular weight excluding hydrogens is 468 g/mol. The van der Waals surface area contributed by atoms with Crippen LogP contribution in [0.1, 0.15) is 64.3 Å². The molecule has 1 aliphatic rings. The maximum atomic E-state index is 12.7. The number of hydrogen-bond donors (Lipinski definition) is 0. The molecule has 10 nitrogen and oxygen atoms in total. The molecule has 0 amide bonds. The van der Waals surface area contributed by atoms with Gasteiger partial charge in [-0.25, -0.2) is 9.59 Å². The third-order valence-electron chi connectivity index (χ3n) is 6.07. The first-order valence-corrected chi connectivity index (χ1v) is 11.4. The summed E-state index contributed by atoms with van der Waals surface area (Å²) in [6, 6.07) is 15.0. The summed E-state index contributed by atoms with van der Waals surface area (Å²) in [5, 5.41) is 21.7. The van der Waals surface area contributed by atoms with E-state index >= 15 is 0 Å². The van der Waals surface area contributed by atoms with Gasteiger partial charge in [-0.05, 0) is 61.2 Å². The van der Waals surface area contributed by atoms with Gasteiger partial charge in [0.2, 0.25) is 0 Å². The molecule has 0 N–H and O–H groups in total. The predicted octanol–water partition coefficient (Wildman–Crippen LogP) is 5.99. The van der Waals surface area contributed by atoms with E-state index in [0.717, 1.165) is 37.7 Å². The number of hydrogen-bond acceptors (Lipinski definition) is 8. The molecule has 1 aliphatic carbocycles.